The van der Waals surface area contributed by atoms with Gasteiger partial charge >= 0.3 is 0 Å². The Bertz CT molecular complexity index is 472. The Morgan fingerprint density at radius 2 is 1.95 bits per heavy atom. The summed E-state index contributed by atoms with van der Waals surface area (Å²) in [4.78, 5) is 16.1. The summed E-state index contributed by atoms with van der Waals surface area (Å²) >= 11 is 1.77. The summed E-state index contributed by atoms with van der Waals surface area (Å²) in [7, 11) is 0. The lowest BCUT2D eigenvalue weighted by molar-refractivity contribution is -0.0586. The molecule has 0 N–H and O–H groups in total. The molecule has 1 aliphatic carbocycles. The van der Waals surface area contributed by atoms with Gasteiger partial charge in [0.05, 0.1) is 17.8 Å². The largest absolute Gasteiger partial charge is 0.372 e. The van der Waals surface area contributed by atoms with E-state index in [-0.39, 0.29) is 18.1 Å². The maximum atomic E-state index is 12.7. The molecule has 1 aliphatic heterocycles. The van der Waals surface area contributed by atoms with Crippen LogP contribution in [0.15, 0.2) is 5.38 Å². The van der Waals surface area contributed by atoms with Gasteiger partial charge in [0.2, 0.25) is 0 Å². The summed E-state index contributed by atoms with van der Waals surface area (Å²) in [5.41, 5.74) is 2.29. The van der Waals surface area contributed by atoms with Gasteiger partial charge < -0.3 is 9.64 Å². The molecule has 3 rings (SSSR count). The van der Waals surface area contributed by atoms with Crippen molar-refractivity contribution in [3.8, 4) is 0 Å². The minimum Gasteiger partial charge on any atom is -0.372 e. The maximum absolute atomic E-state index is 12.7. The Labute approximate surface area is 118 Å². The van der Waals surface area contributed by atoms with Gasteiger partial charge in [0.1, 0.15) is 0 Å². The fraction of sp³-hybridized carbons (Fsp3) is 0.667. The van der Waals surface area contributed by atoms with Crippen molar-refractivity contribution < 1.29 is 9.53 Å². The van der Waals surface area contributed by atoms with E-state index in [4.69, 9.17) is 4.74 Å². The van der Waals surface area contributed by atoms with Crippen LogP contribution < -0.4 is 0 Å². The maximum Gasteiger partial charge on any atom is 0.255 e. The molecule has 1 amide bonds. The molecule has 3 nitrogen and oxygen atoms in total. The van der Waals surface area contributed by atoms with Crippen LogP contribution in [-0.2, 0) is 17.6 Å². The highest BCUT2D eigenvalue weighted by atomic mass is 32.1. The SMILES string of the molecule is C[C@@H]1CN(C(=O)c2csc3c2CCCC3)C[C@@H](C)O1. The van der Waals surface area contributed by atoms with Crippen LogP contribution in [0, 0.1) is 0 Å². The molecule has 19 heavy (non-hydrogen) atoms. The summed E-state index contributed by atoms with van der Waals surface area (Å²) in [6.07, 6.45) is 5.01. The Kier molecular flexibility index (Phi) is 3.63. The predicted octanol–water partition coefficient (Wildman–Crippen LogP) is 2.88. The number of carbonyl (C=O) groups is 1. The van der Waals surface area contributed by atoms with Gasteiger partial charge in [0.25, 0.3) is 5.91 Å². The van der Waals surface area contributed by atoms with E-state index in [1.54, 1.807) is 11.3 Å². The van der Waals surface area contributed by atoms with Crippen LogP contribution in [0.5, 0.6) is 0 Å². The standard InChI is InChI=1S/C15H21NO2S/c1-10-7-16(8-11(2)18-10)15(17)13-9-19-14-6-4-3-5-12(13)14/h9-11H,3-8H2,1-2H3/t10-,11-/m1/s1. The molecule has 1 fully saturated rings. The lowest BCUT2D eigenvalue weighted by Gasteiger charge is -2.35. The summed E-state index contributed by atoms with van der Waals surface area (Å²) in [5, 5.41) is 2.07. The first-order valence-electron chi connectivity index (χ1n) is 7.19. The van der Waals surface area contributed by atoms with E-state index >= 15 is 0 Å². The monoisotopic (exact) mass is 279 g/mol. The third kappa shape index (κ3) is 2.56. The molecule has 4 heteroatoms. The fourth-order valence-corrected chi connectivity index (χ4v) is 4.31. The lowest BCUT2D eigenvalue weighted by atomic mass is 9.95. The predicted molar refractivity (Wildman–Crippen MR) is 76.9 cm³/mol. The second-order valence-electron chi connectivity index (χ2n) is 5.73. The van der Waals surface area contributed by atoms with Crippen molar-refractivity contribution in [2.24, 2.45) is 0 Å². The zero-order chi connectivity index (χ0) is 13.4. The zero-order valence-electron chi connectivity index (χ0n) is 11.6. The van der Waals surface area contributed by atoms with Crippen molar-refractivity contribution in [1.82, 2.24) is 4.90 Å². The smallest absolute Gasteiger partial charge is 0.255 e. The van der Waals surface area contributed by atoms with Crippen molar-refractivity contribution in [1.29, 1.82) is 0 Å². The van der Waals surface area contributed by atoms with Crippen LogP contribution in [-0.4, -0.2) is 36.1 Å². The number of ether oxygens (including phenoxy) is 1. The number of hydrogen-bond acceptors (Lipinski definition) is 3. The Balaban J connectivity index is 1.82. The summed E-state index contributed by atoms with van der Waals surface area (Å²) in [5.74, 6) is 0.210. The number of amides is 1. The van der Waals surface area contributed by atoms with Crippen molar-refractivity contribution in [3.05, 3.63) is 21.4 Å². The van der Waals surface area contributed by atoms with Crippen LogP contribution in [0.1, 0.15) is 47.5 Å². The number of nitrogens with zero attached hydrogens (tertiary/aromatic N) is 1. The average molecular weight is 279 g/mol. The summed E-state index contributed by atoms with van der Waals surface area (Å²) < 4.78 is 5.71. The van der Waals surface area contributed by atoms with Gasteiger partial charge in [-0.2, -0.15) is 0 Å². The lowest BCUT2D eigenvalue weighted by Crippen LogP contribution is -2.48. The topological polar surface area (TPSA) is 29.5 Å². The normalized spacial score (nSPS) is 27.2. The molecule has 2 heterocycles. The van der Waals surface area contributed by atoms with Crippen LogP contribution in [0.3, 0.4) is 0 Å². The van der Waals surface area contributed by atoms with Crippen molar-refractivity contribution in [2.45, 2.75) is 51.7 Å². The van der Waals surface area contributed by atoms with E-state index in [1.165, 1.54) is 23.3 Å². The van der Waals surface area contributed by atoms with Gasteiger partial charge in [-0.3, -0.25) is 4.79 Å². The van der Waals surface area contributed by atoms with E-state index in [2.05, 4.69) is 5.38 Å². The molecule has 1 aromatic heterocycles. The Morgan fingerprint density at radius 1 is 1.26 bits per heavy atom. The molecule has 0 aromatic carbocycles. The molecular formula is C15H21NO2S. The Morgan fingerprint density at radius 3 is 2.68 bits per heavy atom. The van der Waals surface area contributed by atoms with Crippen molar-refractivity contribution in [2.75, 3.05) is 13.1 Å². The van der Waals surface area contributed by atoms with E-state index in [1.807, 2.05) is 18.7 Å². The summed E-state index contributed by atoms with van der Waals surface area (Å²) in [6.45, 7) is 5.51. The number of rotatable bonds is 1. The minimum absolute atomic E-state index is 0.141. The highest BCUT2D eigenvalue weighted by Gasteiger charge is 2.29. The van der Waals surface area contributed by atoms with Gasteiger partial charge in [-0.05, 0) is 45.1 Å². The molecule has 2 aliphatic rings. The molecule has 0 saturated carbocycles. The first kappa shape index (κ1) is 13.1. The number of carbonyl (C=O) groups excluding carboxylic acids is 1. The molecule has 0 unspecified atom stereocenters. The van der Waals surface area contributed by atoms with Crippen molar-refractivity contribution >= 4 is 17.2 Å². The van der Waals surface area contributed by atoms with Gasteiger partial charge in [0.15, 0.2) is 0 Å². The first-order chi connectivity index (χ1) is 9.15. The van der Waals surface area contributed by atoms with Gasteiger partial charge in [0, 0.05) is 23.3 Å². The molecular weight excluding hydrogens is 258 g/mol. The molecule has 0 radical (unpaired) electrons. The highest BCUT2D eigenvalue weighted by molar-refractivity contribution is 7.10. The van der Waals surface area contributed by atoms with Crippen LogP contribution >= 0.6 is 11.3 Å². The molecule has 104 valence electrons. The van der Waals surface area contributed by atoms with E-state index in [9.17, 15) is 4.79 Å². The number of hydrogen-bond donors (Lipinski definition) is 0. The fourth-order valence-electron chi connectivity index (χ4n) is 3.19. The second kappa shape index (κ2) is 5.25. The van der Waals surface area contributed by atoms with Gasteiger partial charge in [-0.15, -0.1) is 11.3 Å². The molecule has 1 saturated heterocycles. The number of aryl methyl sites for hydroxylation is 1. The van der Waals surface area contributed by atoms with Gasteiger partial charge in [-0.1, -0.05) is 0 Å². The average Bonchev–Trinajstić information content (AvgIpc) is 2.80. The molecule has 0 spiro atoms. The first-order valence-corrected chi connectivity index (χ1v) is 8.07. The highest BCUT2D eigenvalue weighted by Crippen LogP contribution is 2.31. The summed E-state index contributed by atoms with van der Waals surface area (Å²) in [6, 6.07) is 0. The van der Waals surface area contributed by atoms with Crippen LogP contribution in [0.2, 0.25) is 0 Å². The van der Waals surface area contributed by atoms with E-state index in [0.717, 1.165) is 18.4 Å². The third-order valence-electron chi connectivity index (χ3n) is 4.00. The quantitative estimate of drug-likeness (QED) is 0.791. The third-order valence-corrected chi connectivity index (χ3v) is 5.09. The molecule has 2 atom stereocenters. The Hall–Kier alpha value is -0.870. The van der Waals surface area contributed by atoms with Crippen LogP contribution in [0.4, 0.5) is 0 Å². The van der Waals surface area contributed by atoms with Crippen molar-refractivity contribution in [3.63, 3.8) is 0 Å². The van der Waals surface area contributed by atoms with E-state index < -0.39 is 0 Å². The van der Waals surface area contributed by atoms with Gasteiger partial charge in [-0.25, -0.2) is 0 Å². The molecule has 0 bridgehead atoms. The second-order valence-corrected chi connectivity index (χ2v) is 6.69. The molecule has 1 aromatic rings. The minimum atomic E-state index is 0.141. The van der Waals surface area contributed by atoms with Crippen LogP contribution in [0.25, 0.3) is 0 Å². The number of morpholine rings is 1. The zero-order valence-corrected chi connectivity index (χ0v) is 12.5. The number of fused-ring (bicyclic) bond motifs is 1. The van der Waals surface area contributed by atoms with E-state index in [0.29, 0.717) is 13.1 Å². The number of thiophene rings is 1.